The van der Waals surface area contributed by atoms with Crippen molar-refractivity contribution < 1.29 is 0 Å². The molecule has 2 aromatic rings. The number of hydrogen-bond donors (Lipinski definition) is 1. The fourth-order valence-corrected chi connectivity index (χ4v) is 2.31. The van der Waals surface area contributed by atoms with Gasteiger partial charge in [0.25, 0.3) is 0 Å². The molecular formula is C13H17N3S. The molecule has 0 spiro atoms. The Morgan fingerprint density at radius 3 is 2.82 bits per heavy atom. The summed E-state index contributed by atoms with van der Waals surface area (Å²) in [6.45, 7) is 5.12. The minimum absolute atomic E-state index is 0.827. The van der Waals surface area contributed by atoms with Crippen molar-refractivity contribution in [3.63, 3.8) is 0 Å². The monoisotopic (exact) mass is 247 g/mol. The lowest BCUT2D eigenvalue weighted by Crippen LogP contribution is -2.03. The predicted octanol–water partition coefficient (Wildman–Crippen LogP) is 3.59. The summed E-state index contributed by atoms with van der Waals surface area (Å²) in [5, 5.41) is 7.40. The van der Waals surface area contributed by atoms with E-state index in [0.717, 1.165) is 42.3 Å². The molecule has 0 fully saturated rings. The number of aromatic nitrogens is 2. The van der Waals surface area contributed by atoms with Crippen molar-refractivity contribution in [1.29, 1.82) is 0 Å². The number of anilines is 1. The Labute approximate surface area is 106 Å². The van der Waals surface area contributed by atoms with Gasteiger partial charge in [0.15, 0.2) is 5.82 Å². The lowest BCUT2D eigenvalue weighted by atomic mass is 10.2. The molecule has 0 unspecified atom stereocenters. The van der Waals surface area contributed by atoms with E-state index in [1.807, 2.05) is 6.07 Å². The molecule has 90 valence electrons. The van der Waals surface area contributed by atoms with Crippen LogP contribution in [0.5, 0.6) is 0 Å². The van der Waals surface area contributed by atoms with Crippen LogP contribution in [0.1, 0.15) is 26.0 Å². The minimum Gasteiger partial charge on any atom is -0.370 e. The second kappa shape index (κ2) is 5.77. The summed E-state index contributed by atoms with van der Waals surface area (Å²) < 4.78 is 0. The van der Waals surface area contributed by atoms with Gasteiger partial charge < -0.3 is 5.32 Å². The van der Waals surface area contributed by atoms with Gasteiger partial charge in [0.2, 0.25) is 0 Å². The van der Waals surface area contributed by atoms with Gasteiger partial charge in [0.1, 0.15) is 5.82 Å². The van der Waals surface area contributed by atoms with Gasteiger partial charge in [0.05, 0.1) is 0 Å². The zero-order chi connectivity index (χ0) is 12.1. The normalized spacial score (nSPS) is 10.5. The maximum absolute atomic E-state index is 4.60. The molecule has 2 aromatic heterocycles. The SMILES string of the molecule is CCCc1cc(NCC)nc(-c2ccsc2)n1. The van der Waals surface area contributed by atoms with E-state index >= 15 is 0 Å². The molecule has 0 aromatic carbocycles. The Morgan fingerprint density at radius 2 is 2.18 bits per heavy atom. The third-order valence-corrected chi connectivity index (χ3v) is 3.11. The van der Waals surface area contributed by atoms with E-state index in [4.69, 9.17) is 0 Å². The van der Waals surface area contributed by atoms with Crippen LogP contribution >= 0.6 is 11.3 Å². The van der Waals surface area contributed by atoms with Crippen molar-refractivity contribution in [1.82, 2.24) is 9.97 Å². The Balaban J connectivity index is 2.37. The molecule has 0 atom stereocenters. The van der Waals surface area contributed by atoms with Crippen LogP contribution < -0.4 is 5.32 Å². The summed E-state index contributed by atoms with van der Waals surface area (Å²) in [6.07, 6.45) is 2.10. The topological polar surface area (TPSA) is 37.8 Å². The lowest BCUT2D eigenvalue weighted by Gasteiger charge is -2.07. The Bertz CT molecular complexity index is 441. The Morgan fingerprint density at radius 1 is 1.29 bits per heavy atom. The maximum Gasteiger partial charge on any atom is 0.162 e. The largest absolute Gasteiger partial charge is 0.370 e. The third kappa shape index (κ3) is 3.03. The average Bonchev–Trinajstić information content (AvgIpc) is 2.83. The summed E-state index contributed by atoms with van der Waals surface area (Å²) >= 11 is 1.67. The number of rotatable bonds is 5. The predicted molar refractivity (Wildman–Crippen MR) is 73.5 cm³/mol. The highest BCUT2D eigenvalue weighted by Crippen LogP contribution is 2.21. The van der Waals surface area contributed by atoms with Gasteiger partial charge >= 0.3 is 0 Å². The summed E-state index contributed by atoms with van der Waals surface area (Å²) in [4.78, 5) is 9.14. The molecule has 0 bridgehead atoms. The van der Waals surface area contributed by atoms with Gasteiger partial charge in [0, 0.05) is 29.2 Å². The molecule has 0 amide bonds. The van der Waals surface area contributed by atoms with Crippen LogP contribution in [0, 0.1) is 0 Å². The summed E-state index contributed by atoms with van der Waals surface area (Å²) in [6, 6.07) is 4.11. The molecule has 0 aliphatic carbocycles. The van der Waals surface area contributed by atoms with E-state index in [0.29, 0.717) is 0 Å². The molecule has 4 heteroatoms. The number of nitrogens with one attached hydrogen (secondary N) is 1. The molecule has 2 rings (SSSR count). The second-order valence-electron chi connectivity index (χ2n) is 3.86. The highest BCUT2D eigenvalue weighted by molar-refractivity contribution is 7.08. The van der Waals surface area contributed by atoms with Crippen LogP contribution in [0.15, 0.2) is 22.9 Å². The highest BCUT2D eigenvalue weighted by Gasteiger charge is 2.06. The van der Waals surface area contributed by atoms with Crippen LogP contribution in [0.2, 0.25) is 0 Å². The first-order valence-electron chi connectivity index (χ1n) is 5.98. The van der Waals surface area contributed by atoms with Crippen molar-refractivity contribution in [2.24, 2.45) is 0 Å². The fourth-order valence-electron chi connectivity index (χ4n) is 1.67. The fraction of sp³-hybridized carbons (Fsp3) is 0.385. The van der Waals surface area contributed by atoms with Gasteiger partial charge in [-0.05, 0) is 24.8 Å². The van der Waals surface area contributed by atoms with Crippen molar-refractivity contribution >= 4 is 17.2 Å². The van der Waals surface area contributed by atoms with E-state index in [1.54, 1.807) is 11.3 Å². The number of nitrogens with zero attached hydrogens (tertiary/aromatic N) is 2. The van der Waals surface area contributed by atoms with Gasteiger partial charge in [-0.3, -0.25) is 0 Å². The molecule has 0 radical (unpaired) electrons. The molecule has 0 aliphatic rings. The molecule has 17 heavy (non-hydrogen) atoms. The van der Waals surface area contributed by atoms with Crippen LogP contribution in [0.4, 0.5) is 5.82 Å². The van der Waals surface area contributed by atoms with Gasteiger partial charge in [-0.25, -0.2) is 9.97 Å². The lowest BCUT2D eigenvalue weighted by molar-refractivity contribution is 0.875. The first-order chi connectivity index (χ1) is 8.33. The van der Waals surface area contributed by atoms with Gasteiger partial charge in [-0.1, -0.05) is 13.3 Å². The Kier molecular flexibility index (Phi) is 4.09. The van der Waals surface area contributed by atoms with Gasteiger partial charge in [-0.2, -0.15) is 11.3 Å². The molecule has 3 nitrogen and oxygen atoms in total. The van der Waals surface area contributed by atoms with Gasteiger partial charge in [-0.15, -0.1) is 0 Å². The molecule has 0 saturated heterocycles. The first kappa shape index (κ1) is 12.0. The molecule has 1 N–H and O–H groups in total. The van der Waals surface area contributed by atoms with Crippen LogP contribution in [0.3, 0.4) is 0 Å². The van der Waals surface area contributed by atoms with E-state index in [2.05, 4.69) is 46.0 Å². The smallest absolute Gasteiger partial charge is 0.162 e. The molecule has 0 saturated carbocycles. The number of thiophene rings is 1. The maximum atomic E-state index is 4.60. The zero-order valence-electron chi connectivity index (χ0n) is 10.2. The average molecular weight is 247 g/mol. The van der Waals surface area contributed by atoms with Crippen molar-refractivity contribution in [3.8, 4) is 11.4 Å². The standard InChI is InChI=1S/C13H17N3S/c1-3-5-11-8-12(14-4-2)16-13(15-11)10-6-7-17-9-10/h6-9H,3-5H2,1-2H3,(H,14,15,16). The Hall–Kier alpha value is -1.42. The molecule has 2 heterocycles. The first-order valence-corrected chi connectivity index (χ1v) is 6.92. The highest BCUT2D eigenvalue weighted by atomic mass is 32.1. The molecular weight excluding hydrogens is 230 g/mol. The van der Waals surface area contributed by atoms with Crippen LogP contribution in [-0.4, -0.2) is 16.5 Å². The van der Waals surface area contributed by atoms with E-state index in [1.165, 1.54) is 0 Å². The summed E-state index contributed by atoms with van der Waals surface area (Å²) in [5.41, 5.74) is 2.21. The number of hydrogen-bond acceptors (Lipinski definition) is 4. The summed E-state index contributed by atoms with van der Waals surface area (Å²) in [5.74, 6) is 1.75. The van der Waals surface area contributed by atoms with Crippen molar-refractivity contribution in [2.45, 2.75) is 26.7 Å². The zero-order valence-corrected chi connectivity index (χ0v) is 11.0. The summed E-state index contributed by atoms with van der Waals surface area (Å²) in [7, 11) is 0. The van der Waals surface area contributed by atoms with E-state index < -0.39 is 0 Å². The van der Waals surface area contributed by atoms with E-state index in [9.17, 15) is 0 Å². The quantitative estimate of drug-likeness (QED) is 0.877. The third-order valence-electron chi connectivity index (χ3n) is 2.42. The number of aryl methyl sites for hydroxylation is 1. The van der Waals surface area contributed by atoms with Crippen molar-refractivity contribution in [3.05, 3.63) is 28.6 Å². The van der Waals surface area contributed by atoms with Crippen LogP contribution in [-0.2, 0) is 6.42 Å². The molecule has 0 aliphatic heterocycles. The minimum atomic E-state index is 0.827. The van der Waals surface area contributed by atoms with E-state index in [-0.39, 0.29) is 0 Å². The second-order valence-corrected chi connectivity index (χ2v) is 4.64. The van der Waals surface area contributed by atoms with Crippen molar-refractivity contribution in [2.75, 3.05) is 11.9 Å². The van der Waals surface area contributed by atoms with Crippen LogP contribution in [0.25, 0.3) is 11.4 Å².